The summed E-state index contributed by atoms with van der Waals surface area (Å²) in [5, 5.41) is 9.12. The van der Waals surface area contributed by atoms with Crippen molar-refractivity contribution in [2.24, 2.45) is 14.1 Å². The molecule has 0 radical (unpaired) electrons. The summed E-state index contributed by atoms with van der Waals surface area (Å²) in [6.45, 7) is 0. The maximum atomic E-state index is 5.03. The van der Waals surface area contributed by atoms with E-state index in [1.54, 1.807) is 4.68 Å². The van der Waals surface area contributed by atoms with Gasteiger partial charge in [-0.1, -0.05) is 30.3 Å². The molecule has 6 rings (SSSR count). The number of nitrogens with zero attached hydrogens (tertiary/aromatic N) is 7. The van der Waals surface area contributed by atoms with Crippen LogP contribution in [0.5, 0.6) is 0 Å². The number of benzene rings is 1. The molecule has 7 heteroatoms. The Morgan fingerprint density at radius 2 is 1.73 bits per heavy atom. The van der Waals surface area contributed by atoms with Gasteiger partial charge in [0.05, 0.1) is 40.1 Å². The Morgan fingerprint density at radius 3 is 2.47 bits per heavy atom. The summed E-state index contributed by atoms with van der Waals surface area (Å²) < 4.78 is 5.97. The number of rotatable bonds is 4. The fourth-order valence-corrected chi connectivity index (χ4v) is 3.93. The lowest BCUT2D eigenvalue weighted by Crippen LogP contribution is -1.99. The minimum Gasteiger partial charge on any atom is -0.348 e. The van der Waals surface area contributed by atoms with E-state index in [-0.39, 0.29) is 0 Å². The molecule has 0 aliphatic heterocycles. The molecular formula is C23H21N7. The molecule has 4 heterocycles. The minimum atomic E-state index is 0.408. The van der Waals surface area contributed by atoms with Gasteiger partial charge in [-0.2, -0.15) is 10.2 Å². The lowest BCUT2D eigenvalue weighted by Gasteiger charge is -2.04. The van der Waals surface area contributed by atoms with Crippen LogP contribution in [0.25, 0.3) is 45.1 Å². The molecule has 1 fully saturated rings. The van der Waals surface area contributed by atoms with Gasteiger partial charge in [-0.3, -0.25) is 4.68 Å². The maximum Gasteiger partial charge on any atom is 0.184 e. The van der Waals surface area contributed by atoms with Crippen LogP contribution in [-0.4, -0.2) is 34.1 Å². The minimum absolute atomic E-state index is 0.408. The zero-order valence-electron chi connectivity index (χ0n) is 16.9. The van der Waals surface area contributed by atoms with Crippen molar-refractivity contribution in [3.8, 4) is 34.0 Å². The lowest BCUT2D eigenvalue weighted by molar-refractivity contribution is 0.649. The van der Waals surface area contributed by atoms with Crippen molar-refractivity contribution in [1.29, 1.82) is 0 Å². The van der Waals surface area contributed by atoms with Crippen molar-refractivity contribution in [1.82, 2.24) is 34.1 Å². The highest BCUT2D eigenvalue weighted by molar-refractivity contribution is 5.93. The topological polar surface area (TPSA) is 66.3 Å². The van der Waals surface area contributed by atoms with Gasteiger partial charge in [0.2, 0.25) is 0 Å². The quantitative estimate of drug-likeness (QED) is 0.457. The van der Waals surface area contributed by atoms with Crippen LogP contribution in [-0.2, 0) is 14.1 Å². The second-order valence-corrected chi connectivity index (χ2v) is 7.92. The average Bonchev–Trinajstić information content (AvgIpc) is 3.23. The van der Waals surface area contributed by atoms with E-state index >= 15 is 0 Å². The summed E-state index contributed by atoms with van der Waals surface area (Å²) in [7, 11) is 3.96. The fraction of sp³-hybridized carbons (Fsp3) is 0.217. The number of fused-ring (bicyclic) bond motifs is 1. The molecule has 0 N–H and O–H groups in total. The van der Waals surface area contributed by atoms with Crippen molar-refractivity contribution in [2.45, 2.75) is 18.9 Å². The van der Waals surface area contributed by atoms with Crippen LogP contribution < -0.4 is 0 Å². The normalized spacial score (nSPS) is 13.9. The number of hydrogen-bond acceptors (Lipinski definition) is 4. The van der Waals surface area contributed by atoms with Crippen molar-refractivity contribution < 1.29 is 0 Å². The Labute approximate surface area is 173 Å². The second-order valence-electron chi connectivity index (χ2n) is 7.92. The Hall–Kier alpha value is -3.74. The number of aryl methyl sites for hydroxylation is 2. The van der Waals surface area contributed by atoms with Crippen molar-refractivity contribution in [2.75, 3.05) is 0 Å². The zero-order chi connectivity index (χ0) is 20.2. The highest BCUT2D eigenvalue weighted by Crippen LogP contribution is 2.40. The molecule has 7 nitrogen and oxygen atoms in total. The molecule has 1 saturated carbocycles. The highest BCUT2D eigenvalue weighted by atomic mass is 15.4. The molecule has 0 unspecified atom stereocenters. The summed E-state index contributed by atoms with van der Waals surface area (Å²) in [6.07, 6.45) is 8.14. The van der Waals surface area contributed by atoms with Gasteiger partial charge in [0.25, 0.3) is 0 Å². The van der Waals surface area contributed by atoms with E-state index in [9.17, 15) is 0 Å². The standard InChI is InChI=1S/C23H21N7/c1-28-14-18(21-20(28)11-10-19(25-21)15-6-4-3-5-7-15)23-26-22(16-12-24-29(2)13-16)27-30(23)17-8-9-17/h3-7,10-14,17H,8-9H2,1-2H3. The summed E-state index contributed by atoms with van der Waals surface area (Å²) >= 11 is 0. The Kier molecular flexibility index (Phi) is 3.65. The van der Waals surface area contributed by atoms with Gasteiger partial charge in [-0.05, 0) is 25.0 Å². The Balaban J connectivity index is 1.55. The summed E-state index contributed by atoms with van der Waals surface area (Å²) in [6, 6.07) is 14.9. The molecule has 0 spiro atoms. The SMILES string of the molecule is Cn1cc(-c2nc(-c3cn(C)c4ccc(-c5ccccc5)nc34)n(C3CC3)n2)cn1. The molecule has 30 heavy (non-hydrogen) atoms. The predicted molar refractivity (Wildman–Crippen MR) is 116 cm³/mol. The first-order valence-corrected chi connectivity index (χ1v) is 10.1. The van der Waals surface area contributed by atoms with Crippen LogP contribution in [0.3, 0.4) is 0 Å². The van der Waals surface area contributed by atoms with Crippen LogP contribution in [0.1, 0.15) is 18.9 Å². The highest BCUT2D eigenvalue weighted by Gasteiger charge is 2.30. The summed E-state index contributed by atoms with van der Waals surface area (Å²) in [4.78, 5) is 9.97. The maximum absolute atomic E-state index is 5.03. The molecule has 0 amide bonds. The molecule has 0 bridgehead atoms. The van der Waals surface area contributed by atoms with E-state index in [0.29, 0.717) is 11.9 Å². The lowest BCUT2D eigenvalue weighted by atomic mass is 10.1. The molecular weight excluding hydrogens is 374 g/mol. The summed E-state index contributed by atoms with van der Waals surface area (Å²) in [5.74, 6) is 1.58. The van der Waals surface area contributed by atoms with Gasteiger partial charge >= 0.3 is 0 Å². The van der Waals surface area contributed by atoms with Gasteiger partial charge in [-0.25, -0.2) is 14.6 Å². The zero-order valence-corrected chi connectivity index (χ0v) is 16.9. The van der Waals surface area contributed by atoms with E-state index in [4.69, 9.17) is 15.1 Å². The first-order valence-electron chi connectivity index (χ1n) is 10.1. The van der Waals surface area contributed by atoms with E-state index in [1.807, 2.05) is 37.6 Å². The van der Waals surface area contributed by atoms with E-state index in [0.717, 1.165) is 52.1 Å². The third kappa shape index (κ3) is 2.74. The van der Waals surface area contributed by atoms with Gasteiger partial charge in [0, 0.05) is 32.1 Å². The molecule has 0 atom stereocenters. The van der Waals surface area contributed by atoms with Crippen LogP contribution in [0, 0.1) is 0 Å². The molecule has 4 aromatic heterocycles. The first kappa shape index (κ1) is 17.1. The van der Waals surface area contributed by atoms with Crippen LogP contribution in [0.15, 0.2) is 61.1 Å². The molecule has 5 aromatic rings. The third-order valence-electron chi connectivity index (χ3n) is 5.63. The first-order chi connectivity index (χ1) is 14.7. The van der Waals surface area contributed by atoms with Crippen LogP contribution >= 0.6 is 0 Å². The Morgan fingerprint density at radius 1 is 0.900 bits per heavy atom. The second kappa shape index (κ2) is 6.38. The van der Waals surface area contributed by atoms with Crippen LogP contribution in [0.4, 0.5) is 0 Å². The predicted octanol–water partition coefficient (Wildman–Crippen LogP) is 4.23. The van der Waals surface area contributed by atoms with E-state index in [2.05, 4.69) is 51.9 Å². The van der Waals surface area contributed by atoms with Gasteiger partial charge < -0.3 is 4.57 Å². The monoisotopic (exact) mass is 395 g/mol. The molecule has 1 aliphatic rings. The van der Waals surface area contributed by atoms with Crippen molar-refractivity contribution in [3.05, 3.63) is 61.1 Å². The average molecular weight is 395 g/mol. The molecule has 0 saturated heterocycles. The van der Waals surface area contributed by atoms with E-state index < -0.39 is 0 Å². The molecule has 1 aliphatic carbocycles. The summed E-state index contributed by atoms with van der Waals surface area (Å²) in [5.41, 5.74) is 6.04. The smallest absolute Gasteiger partial charge is 0.184 e. The molecule has 1 aromatic carbocycles. The third-order valence-corrected chi connectivity index (χ3v) is 5.63. The number of hydrogen-bond donors (Lipinski definition) is 0. The fourth-order valence-electron chi connectivity index (χ4n) is 3.93. The molecule has 148 valence electrons. The van der Waals surface area contributed by atoms with Gasteiger partial charge in [-0.15, -0.1) is 0 Å². The Bertz CT molecular complexity index is 1370. The largest absolute Gasteiger partial charge is 0.348 e. The number of pyridine rings is 1. The van der Waals surface area contributed by atoms with Crippen molar-refractivity contribution >= 4 is 11.0 Å². The van der Waals surface area contributed by atoms with Gasteiger partial charge in [0.15, 0.2) is 11.6 Å². The van der Waals surface area contributed by atoms with Gasteiger partial charge in [0.1, 0.15) is 0 Å². The number of aromatic nitrogens is 7. The van der Waals surface area contributed by atoms with E-state index in [1.165, 1.54) is 0 Å². The van der Waals surface area contributed by atoms with Crippen molar-refractivity contribution in [3.63, 3.8) is 0 Å². The van der Waals surface area contributed by atoms with Crippen LogP contribution in [0.2, 0.25) is 0 Å².